The van der Waals surface area contributed by atoms with Gasteiger partial charge in [-0.2, -0.15) is 0 Å². The number of nitrogens with zero attached hydrogens (tertiary/aromatic N) is 2. The first-order chi connectivity index (χ1) is 13.5. The number of halogens is 1. The number of nitrogens with one attached hydrogen (secondary N) is 2. The van der Waals surface area contributed by atoms with Crippen molar-refractivity contribution in [1.82, 2.24) is 15.5 Å². The molecule has 2 unspecified atom stereocenters. The predicted molar refractivity (Wildman–Crippen MR) is 133 cm³/mol. The number of thiophene rings is 1. The van der Waals surface area contributed by atoms with Gasteiger partial charge in [0.05, 0.1) is 18.8 Å². The Morgan fingerprint density at radius 2 is 1.72 bits per heavy atom. The van der Waals surface area contributed by atoms with E-state index in [1.54, 1.807) is 0 Å². The number of ether oxygens (including phenoxy) is 1. The second-order valence-electron chi connectivity index (χ2n) is 7.51. The van der Waals surface area contributed by atoms with Gasteiger partial charge in [-0.05, 0) is 44.0 Å². The highest BCUT2D eigenvalue weighted by Crippen LogP contribution is 2.17. The number of benzene rings is 1. The number of morpholine rings is 1. The van der Waals surface area contributed by atoms with Crippen LogP contribution in [0.5, 0.6) is 0 Å². The summed E-state index contributed by atoms with van der Waals surface area (Å²) in [6.07, 6.45) is 0.580. The van der Waals surface area contributed by atoms with Gasteiger partial charge >= 0.3 is 0 Å². The van der Waals surface area contributed by atoms with Crippen LogP contribution in [0, 0.1) is 6.92 Å². The van der Waals surface area contributed by atoms with E-state index in [4.69, 9.17) is 4.74 Å². The van der Waals surface area contributed by atoms with Gasteiger partial charge in [-0.25, -0.2) is 0 Å². The molecule has 0 spiro atoms. The summed E-state index contributed by atoms with van der Waals surface area (Å²) in [7, 11) is 1.82. The zero-order valence-electron chi connectivity index (χ0n) is 17.8. The Morgan fingerprint density at radius 3 is 2.34 bits per heavy atom. The highest BCUT2D eigenvalue weighted by molar-refractivity contribution is 14.0. The zero-order valence-corrected chi connectivity index (χ0v) is 20.9. The SMILES string of the molecule is CN=C(NCc1ccc(C)s1)NCc1ccccc1CN1CC(C)OC(C)C1.I. The van der Waals surface area contributed by atoms with Crippen LogP contribution >= 0.6 is 35.3 Å². The van der Waals surface area contributed by atoms with Gasteiger partial charge < -0.3 is 15.4 Å². The average Bonchev–Trinajstić information content (AvgIpc) is 3.07. The van der Waals surface area contributed by atoms with Crippen LogP contribution in [-0.2, 0) is 24.4 Å². The van der Waals surface area contributed by atoms with Gasteiger partial charge in [-0.15, -0.1) is 35.3 Å². The standard InChI is InChI=1S/C22H32N4OS.HI/c1-16-13-26(14-17(2)27-16)15-20-8-6-5-7-19(20)11-24-22(23-4)25-12-21-10-9-18(3)28-21;/h5-10,16-17H,11-15H2,1-4H3,(H2,23,24,25);1H. The molecule has 2 heterocycles. The molecule has 29 heavy (non-hydrogen) atoms. The molecule has 0 aliphatic carbocycles. The quantitative estimate of drug-likeness (QED) is 0.336. The second kappa shape index (κ2) is 11.9. The van der Waals surface area contributed by atoms with Crippen LogP contribution in [0.15, 0.2) is 41.4 Å². The zero-order chi connectivity index (χ0) is 19.9. The number of guanidine groups is 1. The first kappa shape index (κ1) is 24.1. The summed E-state index contributed by atoms with van der Waals surface area (Å²) in [6, 6.07) is 13.0. The summed E-state index contributed by atoms with van der Waals surface area (Å²) >= 11 is 1.82. The van der Waals surface area contributed by atoms with Gasteiger partial charge in [-0.3, -0.25) is 9.89 Å². The lowest BCUT2D eigenvalue weighted by atomic mass is 10.1. The molecule has 1 aliphatic heterocycles. The van der Waals surface area contributed by atoms with Crippen LogP contribution in [0.1, 0.15) is 34.7 Å². The van der Waals surface area contributed by atoms with Crippen LogP contribution in [0.3, 0.4) is 0 Å². The molecule has 0 amide bonds. The molecule has 1 aliphatic rings. The lowest BCUT2D eigenvalue weighted by Crippen LogP contribution is -2.45. The van der Waals surface area contributed by atoms with Crippen molar-refractivity contribution >= 4 is 41.3 Å². The van der Waals surface area contributed by atoms with Crippen LogP contribution in [0.4, 0.5) is 0 Å². The van der Waals surface area contributed by atoms with E-state index in [0.717, 1.165) is 38.7 Å². The number of hydrogen-bond donors (Lipinski definition) is 2. The fourth-order valence-electron chi connectivity index (χ4n) is 3.69. The summed E-state index contributed by atoms with van der Waals surface area (Å²) in [5.74, 6) is 0.828. The molecule has 1 saturated heterocycles. The maximum atomic E-state index is 5.87. The van der Waals surface area contributed by atoms with Crippen LogP contribution in [0.2, 0.25) is 0 Å². The van der Waals surface area contributed by atoms with Gasteiger partial charge in [-0.1, -0.05) is 24.3 Å². The molecule has 0 radical (unpaired) electrons. The van der Waals surface area contributed by atoms with Crippen molar-refractivity contribution in [2.45, 2.75) is 52.6 Å². The van der Waals surface area contributed by atoms with Gasteiger partial charge in [0.25, 0.3) is 0 Å². The highest BCUT2D eigenvalue weighted by Gasteiger charge is 2.22. The first-order valence-corrected chi connectivity index (χ1v) is 10.8. The van der Waals surface area contributed by atoms with E-state index in [1.807, 2.05) is 18.4 Å². The smallest absolute Gasteiger partial charge is 0.191 e. The molecule has 5 nitrogen and oxygen atoms in total. The Balaban J connectivity index is 0.00000300. The van der Waals surface area contributed by atoms with Crippen LogP contribution in [0.25, 0.3) is 0 Å². The molecule has 7 heteroatoms. The molecule has 1 aromatic carbocycles. The third-order valence-electron chi connectivity index (χ3n) is 4.90. The minimum atomic E-state index is 0. The molecule has 2 aromatic rings. The molecule has 160 valence electrons. The van der Waals surface area contributed by atoms with Gasteiger partial charge in [0.15, 0.2) is 5.96 Å². The topological polar surface area (TPSA) is 48.9 Å². The van der Waals surface area contributed by atoms with Crippen molar-refractivity contribution in [3.8, 4) is 0 Å². The van der Waals surface area contributed by atoms with E-state index in [0.29, 0.717) is 0 Å². The first-order valence-electron chi connectivity index (χ1n) is 9.98. The van der Waals surface area contributed by atoms with Gasteiger partial charge in [0.1, 0.15) is 0 Å². The Hall–Kier alpha value is -1.16. The van der Waals surface area contributed by atoms with Crippen molar-refractivity contribution in [2.24, 2.45) is 4.99 Å². The highest BCUT2D eigenvalue weighted by atomic mass is 127. The van der Waals surface area contributed by atoms with E-state index in [-0.39, 0.29) is 36.2 Å². The van der Waals surface area contributed by atoms with E-state index in [9.17, 15) is 0 Å². The second-order valence-corrected chi connectivity index (χ2v) is 8.88. The van der Waals surface area contributed by atoms with E-state index >= 15 is 0 Å². The van der Waals surface area contributed by atoms with E-state index in [1.165, 1.54) is 20.9 Å². The summed E-state index contributed by atoms with van der Waals surface area (Å²) in [6.45, 7) is 10.9. The molecule has 0 bridgehead atoms. The summed E-state index contributed by atoms with van der Waals surface area (Å²) in [5, 5.41) is 6.86. The Bertz CT molecular complexity index is 785. The molecule has 0 saturated carbocycles. The van der Waals surface area contributed by atoms with Crippen molar-refractivity contribution in [2.75, 3.05) is 20.1 Å². The van der Waals surface area contributed by atoms with Crippen LogP contribution < -0.4 is 10.6 Å². The molecular weight excluding hydrogens is 495 g/mol. The van der Waals surface area contributed by atoms with Crippen molar-refractivity contribution in [3.63, 3.8) is 0 Å². The maximum Gasteiger partial charge on any atom is 0.191 e. The number of aryl methyl sites for hydroxylation is 1. The third-order valence-corrected chi connectivity index (χ3v) is 5.90. The summed E-state index contributed by atoms with van der Waals surface area (Å²) < 4.78 is 5.87. The fourth-order valence-corrected chi connectivity index (χ4v) is 4.52. The summed E-state index contributed by atoms with van der Waals surface area (Å²) in [4.78, 5) is 9.50. The number of hydrogen-bond acceptors (Lipinski definition) is 4. The largest absolute Gasteiger partial charge is 0.373 e. The summed E-state index contributed by atoms with van der Waals surface area (Å²) in [5.41, 5.74) is 2.67. The molecule has 2 atom stereocenters. The normalized spacial score (nSPS) is 20.2. The minimum absolute atomic E-state index is 0. The average molecular weight is 529 g/mol. The molecule has 2 N–H and O–H groups in total. The van der Waals surface area contributed by atoms with Crippen molar-refractivity contribution in [3.05, 3.63) is 57.3 Å². The number of aliphatic imine (C=N–C) groups is 1. The fraction of sp³-hybridized carbons (Fsp3) is 0.500. The van der Waals surface area contributed by atoms with Crippen molar-refractivity contribution < 1.29 is 4.74 Å². The van der Waals surface area contributed by atoms with Crippen molar-refractivity contribution in [1.29, 1.82) is 0 Å². The Kier molecular flexibility index (Phi) is 9.88. The monoisotopic (exact) mass is 528 g/mol. The molecule has 3 rings (SSSR count). The number of rotatable bonds is 6. The van der Waals surface area contributed by atoms with Gasteiger partial charge in [0.2, 0.25) is 0 Å². The molecular formula is C22H33IN4OS. The Labute approximate surface area is 196 Å². The maximum absolute atomic E-state index is 5.87. The third kappa shape index (κ3) is 7.55. The minimum Gasteiger partial charge on any atom is -0.373 e. The lowest BCUT2D eigenvalue weighted by Gasteiger charge is -2.35. The van der Waals surface area contributed by atoms with Crippen LogP contribution in [-0.4, -0.2) is 43.2 Å². The van der Waals surface area contributed by atoms with E-state index in [2.05, 4.69) is 77.7 Å². The van der Waals surface area contributed by atoms with E-state index < -0.39 is 0 Å². The van der Waals surface area contributed by atoms with Gasteiger partial charge in [0, 0.05) is 43.0 Å². The molecule has 1 aromatic heterocycles. The Morgan fingerprint density at radius 1 is 1.07 bits per heavy atom. The molecule has 1 fully saturated rings. The lowest BCUT2D eigenvalue weighted by molar-refractivity contribution is -0.0705. The predicted octanol–water partition coefficient (Wildman–Crippen LogP) is 4.15.